The lowest BCUT2D eigenvalue weighted by Crippen LogP contribution is -2.24. The number of amides is 1. The molecule has 3 aromatic heterocycles. The summed E-state index contributed by atoms with van der Waals surface area (Å²) in [5.41, 5.74) is 3.34. The molecule has 1 fully saturated rings. The van der Waals surface area contributed by atoms with Crippen molar-refractivity contribution in [3.8, 4) is 17.2 Å². The van der Waals surface area contributed by atoms with E-state index in [1.165, 1.54) is 0 Å². The molecule has 0 atom stereocenters. The maximum atomic E-state index is 13.1. The van der Waals surface area contributed by atoms with E-state index in [0.29, 0.717) is 24.0 Å². The molecule has 0 spiro atoms. The smallest absolute Gasteiger partial charge is 0.260 e. The number of hydrogen-bond donors (Lipinski definition) is 0. The van der Waals surface area contributed by atoms with Gasteiger partial charge < -0.3 is 9.13 Å². The molecule has 142 valence electrons. The Morgan fingerprint density at radius 1 is 1.07 bits per heavy atom. The molecular weight excluding hydrogens is 366 g/mol. The van der Waals surface area contributed by atoms with Crippen LogP contribution < -0.4 is 4.90 Å². The van der Waals surface area contributed by atoms with E-state index in [2.05, 4.69) is 19.7 Å². The summed E-state index contributed by atoms with van der Waals surface area (Å²) in [7, 11) is 0. The molecule has 4 heterocycles. The van der Waals surface area contributed by atoms with Gasteiger partial charge in [-0.05, 0) is 42.7 Å². The van der Waals surface area contributed by atoms with Crippen LogP contribution in [0, 0.1) is 0 Å². The molecule has 8 nitrogen and oxygen atoms in total. The molecule has 1 amide bonds. The highest BCUT2D eigenvalue weighted by molar-refractivity contribution is 6.09. The first-order chi connectivity index (χ1) is 14.3. The van der Waals surface area contributed by atoms with Gasteiger partial charge in [0.25, 0.3) is 5.91 Å². The molecule has 4 aromatic rings. The summed E-state index contributed by atoms with van der Waals surface area (Å²) in [5, 5.41) is 8.31. The molecule has 2 aliphatic rings. The van der Waals surface area contributed by atoms with Crippen molar-refractivity contribution in [3.63, 3.8) is 0 Å². The number of aromatic nitrogens is 6. The van der Waals surface area contributed by atoms with E-state index in [1.54, 1.807) is 23.8 Å². The normalized spacial score (nSPS) is 15.7. The first kappa shape index (κ1) is 16.2. The Balaban J connectivity index is 1.34. The highest BCUT2D eigenvalue weighted by Crippen LogP contribution is 2.37. The molecule has 0 bridgehead atoms. The van der Waals surface area contributed by atoms with Gasteiger partial charge in [-0.25, -0.2) is 9.97 Å². The summed E-state index contributed by atoms with van der Waals surface area (Å²) in [5.74, 6) is 1.33. The molecule has 0 radical (unpaired) electrons. The third-order valence-corrected chi connectivity index (χ3v) is 5.45. The number of nitrogens with zero attached hydrogens (tertiary/aromatic N) is 7. The van der Waals surface area contributed by atoms with Gasteiger partial charge >= 0.3 is 0 Å². The molecule has 0 N–H and O–H groups in total. The van der Waals surface area contributed by atoms with E-state index in [4.69, 9.17) is 4.98 Å². The van der Waals surface area contributed by atoms with Gasteiger partial charge in [0.1, 0.15) is 17.8 Å². The van der Waals surface area contributed by atoms with Crippen LogP contribution in [0.1, 0.15) is 34.8 Å². The monoisotopic (exact) mass is 383 g/mol. The molecule has 1 aliphatic carbocycles. The lowest BCUT2D eigenvalue weighted by molar-refractivity contribution is 0.0996. The lowest BCUT2D eigenvalue weighted by atomic mass is 10.1. The number of hydrogen-bond acceptors (Lipinski definition) is 5. The minimum Gasteiger partial charge on any atom is -0.309 e. The first-order valence-corrected chi connectivity index (χ1v) is 9.58. The highest BCUT2D eigenvalue weighted by atomic mass is 16.2. The molecule has 0 saturated heterocycles. The fourth-order valence-corrected chi connectivity index (χ4v) is 3.79. The fraction of sp³-hybridized carbons (Fsp3) is 0.190. The van der Waals surface area contributed by atoms with Crippen molar-refractivity contribution in [2.45, 2.75) is 25.4 Å². The summed E-state index contributed by atoms with van der Waals surface area (Å²) in [6.07, 6.45) is 9.35. The maximum absolute atomic E-state index is 13.1. The number of fused-ring (bicyclic) bond motifs is 1. The fourth-order valence-electron chi connectivity index (χ4n) is 3.79. The van der Waals surface area contributed by atoms with Crippen molar-refractivity contribution in [3.05, 3.63) is 72.6 Å². The van der Waals surface area contributed by atoms with Gasteiger partial charge in [-0.1, -0.05) is 12.1 Å². The topological polar surface area (TPSA) is 81.7 Å². The summed E-state index contributed by atoms with van der Waals surface area (Å²) >= 11 is 0. The number of anilines is 1. The molecule has 1 saturated carbocycles. The molecule has 0 unspecified atom stereocenters. The second-order valence-electron chi connectivity index (χ2n) is 7.38. The van der Waals surface area contributed by atoms with E-state index < -0.39 is 0 Å². The zero-order chi connectivity index (χ0) is 19.4. The molecule has 29 heavy (non-hydrogen) atoms. The Bertz CT molecular complexity index is 1220. The van der Waals surface area contributed by atoms with Crippen molar-refractivity contribution < 1.29 is 4.79 Å². The van der Waals surface area contributed by atoms with Crippen LogP contribution in [0.4, 0.5) is 5.82 Å². The maximum Gasteiger partial charge on any atom is 0.260 e. The van der Waals surface area contributed by atoms with Gasteiger partial charge in [0.15, 0.2) is 5.82 Å². The van der Waals surface area contributed by atoms with Crippen molar-refractivity contribution in [2.75, 3.05) is 4.90 Å². The number of carbonyl (C=O) groups is 1. The van der Waals surface area contributed by atoms with E-state index in [0.717, 1.165) is 35.6 Å². The van der Waals surface area contributed by atoms with Crippen LogP contribution in [-0.2, 0) is 6.54 Å². The zero-order valence-electron chi connectivity index (χ0n) is 15.5. The third kappa shape index (κ3) is 2.64. The minimum absolute atomic E-state index is 0.0460. The van der Waals surface area contributed by atoms with E-state index in [1.807, 2.05) is 47.2 Å². The second kappa shape index (κ2) is 6.10. The van der Waals surface area contributed by atoms with Crippen molar-refractivity contribution in [2.24, 2.45) is 0 Å². The van der Waals surface area contributed by atoms with Crippen LogP contribution in [0.25, 0.3) is 17.2 Å². The highest BCUT2D eigenvalue weighted by Gasteiger charge is 2.31. The van der Waals surface area contributed by atoms with Crippen molar-refractivity contribution in [1.82, 2.24) is 29.3 Å². The summed E-state index contributed by atoms with van der Waals surface area (Å²) in [6, 6.07) is 12.1. The standard InChI is InChI=1S/C21H17N7O/c29-21-17-10-16(26-9-8-22-12-26)5-4-14(17)11-27(21)19-3-1-2-18(24-19)20-25-23-13-28(20)15-6-7-15/h1-5,8-10,12-13,15H,6-7,11H2. The lowest BCUT2D eigenvalue weighted by Gasteiger charge is -2.15. The van der Waals surface area contributed by atoms with E-state index in [-0.39, 0.29) is 5.91 Å². The molecule has 1 aromatic carbocycles. The van der Waals surface area contributed by atoms with Gasteiger partial charge in [0, 0.05) is 29.7 Å². The average Bonchev–Trinajstić information content (AvgIpc) is 3.16. The van der Waals surface area contributed by atoms with Crippen LogP contribution in [0.3, 0.4) is 0 Å². The first-order valence-electron chi connectivity index (χ1n) is 9.58. The van der Waals surface area contributed by atoms with Crippen LogP contribution in [0.5, 0.6) is 0 Å². The summed E-state index contributed by atoms with van der Waals surface area (Å²) in [6.45, 7) is 0.504. The van der Waals surface area contributed by atoms with E-state index >= 15 is 0 Å². The van der Waals surface area contributed by atoms with Crippen LogP contribution in [-0.4, -0.2) is 35.2 Å². The van der Waals surface area contributed by atoms with Gasteiger partial charge in [-0.3, -0.25) is 9.69 Å². The van der Waals surface area contributed by atoms with Crippen LogP contribution in [0.2, 0.25) is 0 Å². The Morgan fingerprint density at radius 2 is 2.00 bits per heavy atom. The zero-order valence-corrected chi connectivity index (χ0v) is 15.5. The number of pyridine rings is 1. The Kier molecular flexibility index (Phi) is 3.40. The van der Waals surface area contributed by atoms with Gasteiger partial charge in [-0.15, -0.1) is 10.2 Å². The molecule has 8 heteroatoms. The Labute approximate surface area is 166 Å². The number of carbonyl (C=O) groups excluding carboxylic acids is 1. The quantitative estimate of drug-likeness (QED) is 0.541. The predicted octanol–water partition coefficient (Wildman–Crippen LogP) is 3.02. The third-order valence-electron chi connectivity index (χ3n) is 5.45. The minimum atomic E-state index is -0.0460. The summed E-state index contributed by atoms with van der Waals surface area (Å²) < 4.78 is 3.96. The second-order valence-corrected chi connectivity index (χ2v) is 7.38. The molecule has 6 rings (SSSR count). The van der Waals surface area contributed by atoms with Crippen molar-refractivity contribution >= 4 is 11.7 Å². The van der Waals surface area contributed by atoms with E-state index in [9.17, 15) is 4.79 Å². The average molecular weight is 383 g/mol. The molecular formula is C21H17N7O. The van der Waals surface area contributed by atoms with Crippen molar-refractivity contribution in [1.29, 1.82) is 0 Å². The summed E-state index contributed by atoms with van der Waals surface area (Å²) in [4.78, 5) is 23.7. The Morgan fingerprint density at radius 3 is 2.83 bits per heavy atom. The van der Waals surface area contributed by atoms with Crippen LogP contribution in [0.15, 0.2) is 61.4 Å². The molecule has 1 aliphatic heterocycles. The Hall–Kier alpha value is -3.81. The predicted molar refractivity (Wildman–Crippen MR) is 106 cm³/mol. The number of imidazole rings is 1. The largest absolute Gasteiger partial charge is 0.309 e. The van der Waals surface area contributed by atoms with Crippen LogP contribution >= 0.6 is 0 Å². The van der Waals surface area contributed by atoms with Gasteiger partial charge in [-0.2, -0.15) is 0 Å². The van der Waals surface area contributed by atoms with Gasteiger partial charge in [0.2, 0.25) is 0 Å². The number of rotatable bonds is 4. The number of benzene rings is 1. The van der Waals surface area contributed by atoms with Gasteiger partial charge in [0.05, 0.1) is 12.9 Å². The SMILES string of the molecule is O=C1c2cc(-n3ccnc3)ccc2CN1c1cccc(-c2nncn2C2CC2)n1.